The first kappa shape index (κ1) is 18.0. The Hall–Kier alpha value is -2.30. The summed E-state index contributed by atoms with van der Waals surface area (Å²) >= 11 is 0. The molecule has 128 valence electrons. The van der Waals surface area contributed by atoms with Gasteiger partial charge in [0.15, 0.2) is 0 Å². The van der Waals surface area contributed by atoms with Gasteiger partial charge >= 0.3 is 12.1 Å². The van der Waals surface area contributed by atoms with Gasteiger partial charge in [-0.15, -0.1) is 0 Å². The number of hydrogen-bond donors (Lipinski definition) is 1. The molecular formula is C19H19F3O2. The van der Waals surface area contributed by atoms with Gasteiger partial charge in [0.1, 0.15) is 0 Å². The van der Waals surface area contributed by atoms with Crippen LogP contribution in [-0.4, -0.2) is 11.1 Å². The van der Waals surface area contributed by atoms with Gasteiger partial charge in [0.2, 0.25) is 0 Å². The molecule has 0 radical (unpaired) electrons. The van der Waals surface area contributed by atoms with E-state index in [1.54, 1.807) is 12.1 Å². The molecule has 0 saturated carbocycles. The van der Waals surface area contributed by atoms with Crippen LogP contribution in [0.2, 0.25) is 0 Å². The van der Waals surface area contributed by atoms with Crippen molar-refractivity contribution in [2.24, 2.45) is 5.41 Å². The predicted octanol–water partition coefficient (Wildman–Crippen LogP) is 5.58. The molecule has 0 heterocycles. The maximum atomic E-state index is 12.7. The Kier molecular flexibility index (Phi) is 4.74. The smallest absolute Gasteiger partial charge is 0.416 e. The average molecular weight is 336 g/mol. The highest BCUT2D eigenvalue weighted by atomic mass is 19.4. The molecule has 1 unspecified atom stereocenters. The molecule has 0 fully saturated rings. The van der Waals surface area contributed by atoms with Gasteiger partial charge in [0, 0.05) is 5.92 Å². The summed E-state index contributed by atoms with van der Waals surface area (Å²) in [4.78, 5) is 11.0. The maximum absolute atomic E-state index is 12.7. The molecule has 24 heavy (non-hydrogen) atoms. The number of rotatable bonds is 3. The third kappa shape index (κ3) is 3.96. The normalized spacial score (nSPS) is 13.6. The molecule has 1 atom stereocenters. The number of carboxylic acids is 1. The van der Waals surface area contributed by atoms with E-state index in [0.717, 1.165) is 23.3 Å². The van der Waals surface area contributed by atoms with Crippen molar-refractivity contribution in [1.29, 1.82) is 0 Å². The third-order valence-electron chi connectivity index (χ3n) is 3.93. The fourth-order valence-electron chi connectivity index (χ4n) is 2.88. The molecule has 5 heteroatoms. The molecule has 0 amide bonds. The third-order valence-corrected chi connectivity index (χ3v) is 3.93. The van der Waals surface area contributed by atoms with Crippen molar-refractivity contribution in [2.45, 2.75) is 32.9 Å². The van der Waals surface area contributed by atoms with Crippen LogP contribution in [0.15, 0.2) is 48.5 Å². The summed E-state index contributed by atoms with van der Waals surface area (Å²) in [6.07, 6.45) is -4.36. The van der Waals surface area contributed by atoms with Crippen LogP contribution in [-0.2, 0) is 6.18 Å². The summed E-state index contributed by atoms with van der Waals surface area (Å²) < 4.78 is 38.2. The zero-order valence-corrected chi connectivity index (χ0v) is 13.7. The molecule has 2 nitrogen and oxygen atoms in total. The van der Waals surface area contributed by atoms with Gasteiger partial charge in [-0.2, -0.15) is 13.2 Å². The lowest BCUT2D eigenvalue weighted by Crippen LogP contribution is -2.20. The lowest BCUT2D eigenvalue weighted by molar-refractivity contribution is -0.137. The Balaban J connectivity index is 2.44. The number of hydrogen-bond acceptors (Lipinski definition) is 1. The Morgan fingerprint density at radius 1 is 0.875 bits per heavy atom. The van der Waals surface area contributed by atoms with Crippen molar-refractivity contribution < 1.29 is 23.1 Å². The standard InChI is InChI=1S/C19H19F3O2/c1-18(2,3)16(12-4-6-14(7-5-12)17(23)24)13-8-10-15(11-9-13)19(20,21)22/h4-11,16H,1-3H3,(H,23,24). The number of carbonyl (C=O) groups is 1. The van der Waals surface area contributed by atoms with Gasteiger partial charge in [0.05, 0.1) is 11.1 Å². The molecule has 0 aromatic heterocycles. The quantitative estimate of drug-likeness (QED) is 0.794. The second-order valence-corrected chi connectivity index (χ2v) is 6.85. The van der Waals surface area contributed by atoms with Crippen molar-refractivity contribution in [2.75, 3.05) is 0 Å². The first-order valence-electron chi connectivity index (χ1n) is 7.50. The fraction of sp³-hybridized carbons (Fsp3) is 0.316. The number of aromatic carboxylic acids is 1. The van der Waals surface area contributed by atoms with E-state index >= 15 is 0 Å². The highest BCUT2D eigenvalue weighted by Crippen LogP contribution is 2.41. The Morgan fingerprint density at radius 2 is 1.29 bits per heavy atom. The molecule has 0 aliphatic carbocycles. The number of alkyl halides is 3. The van der Waals surface area contributed by atoms with E-state index in [4.69, 9.17) is 5.11 Å². The molecule has 2 rings (SSSR count). The van der Waals surface area contributed by atoms with Crippen molar-refractivity contribution in [3.63, 3.8) is 0 Å². The average Bonchev–Trinajstić information content (AvgIpc) is 2.46. The molecule has 2 aromatic rings. The van der Waals surface area contributed by atoms with E-state index in [-0.39, 0.29) is 16.9 Å². The topological polar surface area (TPSA) is 37.3 Å². The molecule has 0 bridgehead atoms. The van der Waals surface area contributed by atoms with Crippen molar-refractivity contribution in [1.82, 2.24) is 0 Å². The van der Waals surface area contributed by atoms with E-state index in [9.17, 15) is 18.0 Å². The van der Waals surface area contributed by atoms with Gasteiger partial charge in [0.25, 0.3) is 0 Å². The molecule has 0 spiro atoms. The van der Waals surface area contributed by atoms with E-state index in [2.05, 4.69) is 0 Å². The molecule has 1 N–H and O–H groups in total. The van der Waals surface area contributed by atoms with Crippen LogP contribution in [0.5, 0.6) is 0 Å². The minimum atomic E-state index is -4.36. The zero-order valence-electron chi connectivity index (χ0n) is 13.7. The first-order chi connectivity index (χ1) is 11.0. The second kappa shape index (κ2) is 6.30. The summed E-state index contributed by atoms with van der Waals surface area (Å²) in [6, 6.07) is 11.6. The maximum Gasteiger partial charge on any atom is 0.416 e. The monoisotopic (exact) mass is 336 g/mol. The van der Waals surface area contributed by atoms with E-state index in [1.807, 2.05) is 20.8 Å². The van der Waals surface area contributed by atoms with Gasteiger partial charge in [-0.05, 0) is 40.8 Å². The lowest BCUT2D eigenvalue weighted by Gasteiger charge is -2.32. The lowest BCUT2D eigenvalue weighted by atomic mass is 9.72. The van der Waals surface area contributed by atoms with Gasteiger partial charge in [-0.3, -0.25) is 0 Å². The first-order valence-corrected chi connectivity index (χ1v) is 7.50. The van der Waals surface area contributed by atoms with Gasteiger partial charge in [-0.25, -0.2) is 4.79 Å². The fourth-order valence-corrected chi connectivity index (χ4v) is 2.88. The Bertz CT molecular complexity index is 708. The van der Waals surface area contributed by atoms with Crippen LogP contribution >= 0.6 is 0 Å². The summed E-state index contributed by atoms with van der Waals surface area (Å²) in [5.41, 5.74) is 0.884. The molecule has 0 saturated heterocycles. The Labute approximate surface area is 138 Å². The van der Waals surface area contributed by atoms with E-state index in [1.165, 1.54) is 24.3 Å². The summed E-state index contributed by atoms with van der Waals surface area (Å²) in [7, 11) is 0. The van der Waals surface area contributed by atoms with E-state index < -0.39 is 17.7 Å². The minimum Gasteiger partial charge on any atom is -0.478 e. The van der Waals surface area contributed by atoms with Crippen LogP contribution in [0.4, 0.5) is 13.2 Å². The van der Waals surface area contributed by atoms with Crippen molar-refractivity contribution in [3.05, 3.63) is 70.8 Å². The minimum absolute atomic E-state index is 0.150. The molecule has 0 aliphatic heterocycles. The zero-order chi connectivity index (χ0) is 18.1. The predicted molar refractivity (Wildman–Crippen MR) is 86.1 cm³/mol. The summed E-state index contributed by atoms with van der Waals surface area (Å²) in [5.74, 6) is -1.16. The van der Waals surface area contributed by atoms with Crippen molar-refractivity contribution in [3.8, 4) is 0 Å². The number of carboxylic acid groups (broad SMARTS) is 1. The summed E-state index contributed by atoms with van der Waals surface area (Å²) in [6.45, 7) is 6.00. The molecular weight excluding hydrogens is 317 g/mol. The Morgan fingerprint density at radius 3 is 1.62 bits per heavy atom. The van der Waals surface area contributed by atoms with Crippen molar-refractivity contribution >= 4 is 5.97 Å². The van der Waals surface area contributed by atoms with Crippen LogP contribution in [0.3, 0.4) is 0 Å². The summed E-state index contributed by atoms with van der Waals surface area (Å²) in [5, 5.41) is 8.99. The SMILES string of the molecule is CC(C)(C)C(c1ccc(C(=O)O)cc1)c1ccc(C(F)(F)F)cc1. The van der Waals surface area contributed by atoms with Crippen LogP contribution in [0.25, 0.3) is 0 Å². The van der Waals surface area contributed by atoms with E-state index in [0.29, 0.717) is 0 Å². The number of halogens is 3. The van der Waals surface area contributed by atoms with Crippen LogP contribution in [0, 0.1) is 5.41 Å². The highest BCUT2D eigenvalue weighted by Gasteiger charge is 2.32. The number of benzene rings is 2. The van der Waals surface area contributed by atoms with Crippen LogP contribution < -0.4 is 0 Å². The van der Waals surface area contributed by atoms with Gasteiger partial charge in [-0.1, -0.05) is 45.0 Å². The highest BCUT2D eigenvalue weighted by molar-refractivity contribution is 5.87. The second-order valence-electron chi connectivity index (χ2n) is 6.85. The molecule has 2 aromatic carbocycles. The van der Waals surface area contributed by atoms with Crippen LogP contribution in [0.1, 0.15) is 53.7 Å². The largest absolute Gasteiger partial charge is 0.478 e. The molecule has 0 aliphatic rings. The van der Waals surface area contributed by atoms with Gasteiger partial charge < -0.3 is 5.11 Å².